The van der Waals surface area contributed by atoms with Crippen LogP contribution >= 0.6 is 11.6 Å². The quantitative estimate of drug-likeness (QED) is 0.517. The normalized spacial score (nSPS) is 20.4. The standard InChI is InChI=1S/C23H27ClN4O3/c1-18-4-6-19(7-5-18)26-12-10-25(11-13-26)8-2-3-9-28-22(29)20(24)21(23(28)30)27-14-16-31-17-15-27/h4-7H,8-17H2,1H3. The molecule has 2 fully saturated rings. The third kappa shape index (κ3) is 4.87. The summed E-state index contributed by atoms with van der Waals surface area (Å²) in [5, 5.41) is -0.0130. The van der Waals surface area contributed by atoms with Crippen molar-refractivity contribution in [2.45, 2.75) is 6.92 Å². The Morgan fingerprint density at radius 3 is 2.19 bits per heavy atom. The number of morpholine rings is 1. The van der Waals surface area contributed by atoms with Crippen LogP contribution in [0.15, 0.2) is 35.0 Å². The predicted molar refractivity (Wildman–Crippen MR) is 120 cm³/mol. The zero-order valence-corrected chi connectivity index (χ0v) is 18.5. The second kappa shape index (κ2) is 9.73. The minimum absolute atomic E-state index is 0.0130. The lowest BCUT2D eigenvalue weighted by Gasteiger charge is -2.35. The molecular formula is C23H27ClN4O3. The first-order valence-electron chi connectivity index (χ1n) is 10.6. The van der Waals surface area contributed by atoms with Crippen LogP contribution < -0.4 is 4.90 Å². The summed E-state index contributed by atoms with van der Waals surface area (Å²) < 4.78 is 5.31. The Labute approximate surface area is 188 Å². The van der Waals surface area contributed by atoms with Crippen molar-refractivity contribution in [2.75, 3.05) is 70.5 Å². The second-order valence-electron chi connectivity index (χ2n) is 7.91. The van der Waals surface area contributed by atoms with E-state index in [1.165, 1.54) is 11.3 Å². The number of benzene rings is 1. The average molecular weight is 443 g/mol. The molecule has 1 aromatic rings. The maximum Gasteiger partial charge on any atom is 0.279 e. The van der Waals surface area contributed by atoms with Crippen molar-refractivity contribution in [1.82, 2.24) is 14.7 Å². The maximum absolute atomic E-state index is 12.7. The second-order valence-corrected chi connectivity index (χ2v) is 8.29. The first kappa shape index (κ1) is 21.7. The fourth-order valence-corrected chi connectivity index (χ4v) is 4.26. The van der Waals surface area contributed by atoms with Crippen LogP contribution in [0, 0.1) is 18.8 Å². The number of rotatable bonds is 4. The molecule has 1 aromatic carbocycles. The lowest BCUT2D eigenvalue weighted by molar-refractivity contribution is -0.137. The van der Waals surface area contributed by atoms with Crippen molar-refractivity contribution in [2.24, 2.45) is 0 Å². The van der Waals surface area contributed by atoms with E-state index in [0.29, 0.717) is 32.8 Å². The van der Waals surface area contributed by atoms with E-state index < -0.39 is 5.91 Å². The van der Waals surface area contributed by atoms with Crippen molar-refractivity contribution < 1.29 is 14.3 Å². The number of amides is 2. The van der Waals surface area contributed by atoms with Crippen LogP contribution in [0.25, 0.3) is 0 Å². The van der Waals surface area contributed by atoms with Gasteiger partial charge in [-0.2, -0.15) is 0 Å². The molecule has 8 heteroatoms. The lowest BCUT2D eigenvalue weighted by atomic mass is 10.2. The van der Waals surface area contributed by atoms with E-state index in [4.69, 9.17) is 16.3 Å². The highest BCUT2D eigenvalue weighted by Crippen LogP contribution is 2.27. The van der Waals surface area contributed by atoms with Crippen LogP contribution in [0.2, 0.25) is 0 Å². The summed E-state index contributed by atoms with van der Waals surface area (Å²) in [5.74, 6) is 5.26. The molecule has 0 atom stereocenters. The number of nitrogens with zero attached hydrogens (tertiary/aromatic N) is 4. The monoisotopic (exact) mass is 442 g/mol. The van der Waals surface area contributed by atoms with Gasteiger partial charge in [-0.05, 0) is 19.1 Å². The van der Waals surface area contributed by atoms with E-state index in [1.807, 2.05) is 4.90 Å². The molecule has 31 heavy (non-hydrogen) atoms. The lowest BCUT2D eigenvalue weighted by Crippen LogP contribution is -2.46. The molecule has 3 aliphatic rings. The van der Waals surface area contributed by atoms with E-state index in [0.717, 1.165) is 31.1 Å². The van der Waals surface area contributed by atoms with Gasteiger partial charge in [-0.25, -0.2) is 0 Å². The number of hydrogen-bond acceptors (Lipinski definition) is 6. The van der Waals surface area contributed by atoms with Crippen LogP contribution in [0.4, 0.5) is 5.69 Å². The Bertz CT molecular complexity index is 920. The van der Waals surface area contributed by atoms with Gasteiger partial charge in [0.15, 0.2) is 0 Å². The third-order valence-electron chi connectivity index (χ3n) is 5.85. The highest BCUT2D eigenvalue weighted by atomic mass is 35.5. The molecule has 0 aromatic heterocycles. The average Bonchev–Trinajstić information content (AvgIpc) is 3.01. The first-order chi connectivity index (χ1) is 15.0. The van der Waals surface area contributed by atoms with Gasteiger partial charge >= 0.3 is 0 Å². The molecule has 3 heterocycles. The molecular weight excluding hydrogens is 416 g/mol. The summed E-state index contributed by atoms with van der Waals surface area (Å²) in [6.45, 7) is 8.69. The van der Waals surface area contributed by atoms with Gasteiger partial charge in [-0.1, -0.05) is 41.1 Å². The van der Waals surface area contributed by atoms with Crippen molar-refractivity contribution >= 4 is 29.1 Å². The van der Waals surface area contributed by atoms with Gasteiger partial charge in [0.1, 0.15) is 10.7 Å². The van der Waals surface area contributed by atoms with Crippen molar-refractivity contribution in [3.63, 3.8) is 0 Å². The number of carbonyl (C=O) groups is 2. The van der Waals surface area contributed by atoms with E-state index in [-0.39, 0.29) is 23.2 Å². The van der Waals surface area contributed by atoms with Gasteiger partial charge < -0.3 is 14.5 Å². The van der Waals surface area contributed by atoms with Gasteiger partial charge in [-0.15, -0.1) is 0 Å². The summed E-state index contributed by atoms with van der Waals surface area (Å²) >= 11 is 6.18. The summed E-state index contributed by atoms with van der Waals surface area (Å²) in [6.07, 6.45) is 0. The zero-order valence-electron chi connectivity index (χ0n) is 17.8. The molecule has 0 N–H and O–H groups in total. The summed E-state index contributed by atoms with van der Waals surface area (Å²) in [6, 6.07) is 8.61. The highest BCUT2D eigenvalue weighted by Gasteiger charge is 2.40. The molecule has 2 amide bonds. The van der Waals surface area contributed by atoms with Crippen molar-refractivity contribution in [1.29, 1.82) is 0 Å². The maximum atomic E-state index is 12.7. The Kier molecular flexibility index (Phi) is 6.81. The molecule has 164 valence electrons. The molecule has 0 aliphatic carbocycles. The van der Waals surface area contributed by atoms with Gasteiger partial charge in [0.2, 0.25) is 0 Å². The van der Waals surface area contributed by atoms with E-state index in [2.05, 4.69) is 52.8 Å². The first-order valence-corrected chi connectivity index (χ1v) is 11.0. The minimum Gasteiger partial charge on any atom is -0.378 e. The number of imide groups is 1. The molecule has 2 saturated heterocycles. The van der Waals surface area contributed by atoms with Crippen LogP contribution in [0.5, 0.6) is 0 Å². The molecule has 7 nitrogen and oxygen atoms in total. The van der Waals surface area contributed by atoms with Crippen LogP contribution in [0.1, 0.15) is 5.56 Å². The number of carbonyl (C=O) groups excluding carboxylic acids is 2. The molecule has 0 bridgehead atoms. The highest BCUT2D eigenvalue weighted by molar-refractivity contribution is 6.47. The number of hydrogen-bond donors (Lipinski definition) is 0. The third-order valence-corrected chi connectivity index (χ3v) is 6.19. The molecule has 0 radical (unpaired) electrons. The molecule has 0 unspecified atom stereocenters. The van der Waals surface area contributed by atoms with Crippen LogP contribution in [-0.4, -0.2) is 92.1 Å². The summed E-state index contributed by atoms with van der Waals surface area (Å²) in [7, 11) is 0. The molecule has 0 spiro atoms. The summed E-state index contributed by atoms with van der Waals surface area (Å²) in [5.41, 5.74) is 2.80. The van der Waals surface area contributed by atoms with Gasteiger partial charge in [0.05, 0.1) is 26.3 Å². The van der Waals surface area contributed by atoms with E-state index >= 15 is 0 Å². The minimum atomic E-state index is -0.464. The number of halogens is 1. The number of ether oxygens (including phenoxy) is 1. The molecule has 4 rings (SSSR count). The molecule has 0 saturated carbocycles. The summed E-state index contributed by atoms with van der Waals surface area (Å²) in [4.78, 5) is 32.8. The number of aryl methyl sites for hydroxylation is 1. The zero-order chi connectivity index (χ0) is 21.8. The van der Waals surface area contributed by atoms with Crippen LogP contribution in [0.3, 0.4) is 0 Å². The number of piperazine rings is 1. The van der Waals surface area contributed by atoms with Crippen LogP contribution in [-0.2, 0) is 14.3 Å². The Hall–Kier alpha value is -2.53. The Morgan fingerprint density at radius 1 is 0.871 bits per heavy atom. The predicted octanol–water partition coefficient (Wildman–Crippen LogP) is 1.27. The smallest absolute Gasteiger partial charge is 0.279 e. The topological polar surface area (TPSA) is 56.3 Å². The fourth-order valence-electron chi connectivity index (χ4n) is 3.96. The SMILES string of the molecule is Cc1ccc(N2CCN(CC#CCN3C(=O)C(Cl)=C(N4CCOCC4)C3=O)CC2)cc1. The number of anilines is 1. The van der Waals surface area contributed by atoms with E-state index in [1.54, 1.807) is 0 Å². The van der Waals surface area contributed by atoms with E-state index in [9.17, 15) is 9.59 Å². The molecule has 3 aliphatic heterocycles. The Balaban J connectivity index is 1.26. The van der Waals surface area contributed by atoms with Gasteiger partial charge in [-0.3, -0.25) is 19.4 Å². The van der Waals surface area contributed by atoms with Crippen molar-refractivity contribution in [3.05, 3.63) is 40.6 Å². The van der Waals surface area contributed by atoms with Gasteiger partial charge in [0.25, 0.3) is 11.8 Å². The fraction of sp³-hybridized carbons (Fsp3) is 0.478. The largest absolute Gasteiger partial charge is 0.378 e. The van der Waals surface area contributed by atoms with Gasteiger partial charge in [0, 0.05) is 45.0 Å². The van der Waals surface area contributed by atoms with Crippen molar-refractivity contribution in [3.8, 4) is 11.8 Å². The Morgan fingerprint density at radius 2 is 1.52 bits per heavy atom.